The third kappa shape index (κ3) is 4.54. The summed E-state index contributed by atoms with van der Waals surface area (Å²) >= 11 is 0. The first kappa shape index (κ1) is 21.2. The first-order chi connectivity index (χ1) is 15.1. The molecule has 4 rings (SSSR count). The van der Waals surface area contributed by atoms with E-state index in [2.05, 4.69) is 46.4 Å². The second-order valence-electron chi connectivity index (χ2n) is 8.11. The normalized spacial score (nSPS) is 16.0. The molecule has 0 spiro atoms. The summed E-state index contributed by atoms with van der Waals surface area (Å²) in [6.45, 7) is 10.0. The number of halogens is 1. The lowest BCUT2D eigenvalue weighted by atomic mass is 10.0. The molecule has 0 unspecified atom stereocenters. The van der Waals surface area contributed by atoms with Crippen molar-refractivity contribution in [3.05, 3.63) is 65.7 Å². The Labute approximate surface area is 182 Å². The van der Waals surface area contributed by atoms with Gasteiger partial charge in [0.25, 0.3) is 0 Å². The number of tetrazole rings is 1. The van der Waals surface area contributed by atoms with E-state index in [1.54, 1.807) is 6.07 Å². The molecule has 1 aliphatic heterocycles. The number of piperazine rings is 1. The number of benzene rings is 2. The molecule has 0 bridgehead atoms. The van der Waals surface area contributed by atoms with Crippen LogP contribution < -0.4 is 14.5 Å². The summed E-state index contributed by atoms with van der Waals surface area (Å²) in [5, 5.41) is 12.6. The van der Waals surface area contributed by atoms with Crippen molar-refractivity contribution in [2.45, 2.75) is 32.9 Å². The Balaban J connectivity index is 1.61. The van der Waals surface area contributed by atoms with E-state index in [4.69, 9.17) is 4.74 Å². The number of ether oxygens (including phenoxy) is 1. The maximum Gasteiger partial charge on any atom is 0.214 e. The van der Waals surface area contributed by atoms with Gasteiger partial charge in [-0.15, -0.1) is 5.10 Å². The Morgan fingerprint density at radius 3 is 2.42 bits per heavy atom. The summed E-state index contributed by atoms with van der Waals surface area (Å²) in [5.41, 5.74) is 1.82. The molecule has 31 heavy (non-hydrogen) atoms. The van der Waals surface area contributed by atoms with Crippen molar-refractivity contribution in [2.75, 3.05) is 37.7 Å². The molecule has 1 saturated heterocycles. The Morgan fingerprint density at radius 1 is 1.06 bits per heavy atom. The summed E-state index contributed by atoms with van der Waals surface area (Å²) in [6, 6.07) is 15.4. The number of nitrogens with zero attached hydrogens (tertiary/aromatic N) is 5. The van der Waals surface area contributed by atoms with Crippen LogP contribution in [0.2, 0.25) is 0 Å². The van der Waals surface area contributed by atoms with Gasteiger partial charge in [-0.3, -0.25) is 0 Å². The van der Waals surface area contributed by atoms with E-state index in [1.807, 2.05) is 35.9 Å². The van der Waals surface area contributed by atoms with Gasteiger partial charge in [-0.1, -0.05) is 12.1 Å². The number of hydrogen-bond donors (Lipinski definition) is 1. The van der Waals surface area contributed by atoms with Crippen LogP contribution in [0.25, 0.3) is 0 Å². The van der Waals surface area contributed by atoms with E-state index in [-0.39, 0.29) is 17.9 Å². The molecule has 2 aromatic carbocycles. The zero-order valence-corrected chi connectivity index (χ0v) is 18.3. The smallest absolute Gasteiger partial charge is 0.214 e. The van der Waals surface area contributed by atoms with Crippen LogP contribution in [0, 0.1) is 5.82 Å². The van der Waals surface area contributed by atoms with Crippen LogP contribution in [-0.4, -0.2) is 53.0 Å². The molecule has 8 heteroatoms. The zero-order valence-electron chi connectivity index (χ0n) is 18.3. The lowest BCUT2D eigenvalue weighted by Crippen LogP contribution is -3.15. The largest absolute Gasteiger partial charge is 0.494 e. The van der Waals surface area contributed by atoms with Crippen molar-refractivity contribution in [1.29, 1.82) is 0 Å². The second-order valence-corrected chi connectivity index (χ2v) is 8.11. The lowest BCUT2D eigenvalue weighted by molar-refractivity contribution is -0.927. The summed E-state index contributed by atoms with van der Waals surface area (Å²) < 4.78 is 21.8. The number of para-hydroxylation sites is 1. The Kier molecular flexibility index (Phi) is 6.46. The third-order valence-electron chi connectivity index (χ3n) is 5.80. The van der Waals surface area contributed by atoms with E-state index in [0.29, 0.717) is 12.3 Å². The summed E-state index contributed by atoms with van der Waals surface area (Å²) in [6.07, 6.45) is 0. The minimum atomic E-state index is -0.169. The molecule has 1 aliphatic rings. The van der Waals surface area contributed by atoms with Crippen molar-refractivity contribution < 1.29 is 14.0 Å². The minimum Gasteiger partial charge on any atom is -0.494 e. The molecule has 0 amide bonds. The number of aromatic nitrogens is 4. The van der Waals surface area contributed by atoms with Gasteiger partial charge >= 0.3 is 0 Å². The second kappa shape index (κ2) is 9.43. The van der Waals surface area contributed by atoms with E-state index in [0.717, 1.165) is 43.3 Å². The summed E-state index contributed by atoms with van der Waals surface area (Å²) in [5.74, 6) is 1.54. The quantitative estimate of drug-likeness (QED) is 0.629. The van der Waals surface area contributed by atoms with Crippen molar-refractivity contribution in [3.63, 3.8) is 0 Å². The maximum atomic E-state index is 14.3. The van der Waals surface area contributed by atoms with Gasteiger partial charge in [0.15, 0.2) is 6.04 Å². The van der Waals surface area contributed by atoms with Crippen molar-refractivity contribution in [3.8, 4) is 5.75 Å². The van der Waals surface area contributed by atoms with Crippen LogP contribution >= 0.6 is 0 Å². The molecule has 1 atom stereocenters. The minimum absolute atomic E-state index is 0.00385. The average Bonchev–Trinajstić information content (AvgIpc) is 3.26. The van der Waals surface area contributed by atoms with Gasteiger partial charge in [0.05, 0.1) is 44.5 Å². The molecule has 1 aromatic heterocycles. The van der Waals surface area contributed by atoms with Gasteiger partial charge in [0.1, 0.15) is 11.6 Å². The van der Waals surface area contributed by atoms with Gasteiger partial charge < -0.3 is 14.5 Å². The molecule has 1 N–H and O–H groups in total. The van der Waals surface area contributed by atoms with Gasteiger partial charge in [0, 0.05) is 5.56 Å². The fraction of sp³-hybridized carbons (Fsp3) is 0.435. The monoisotopic (exact) mass is 425 g/mol. The summed E-state index contributed by atoms with van der Waals surface area (Å²) in [4.78, 5) is 3.49. The van der Waals surface area contributed by atoms with E-state index < -0.39 is 0 Å². The number of hydrogen-bond acceptors (Lipinski definition) is 5. The number of quaternary nitrogens is 1. The SMILES string of the molecule is CCOc1ccc([C@@H](c2nnnn2C(C)C)[NH+]2CCN(c3ccccc3F)CC2)cc1. The molecule has 0 radical (unpaired) electrons. The molecule has 1 fully saturated rings. The Morgan fingerprint density at radius 2 is 1.77 bits per heavy atom. The number of anilines is 1. The van der Waals surface area contributed by atoms with Gasteiger partial charge in [-0.25, -0.2) is 9.07 Å². The highest BCUT2D eigenvalue weighted by Crippen LogP contribution is 2.23. The van der Waals surface area contributed by atoms with E-state index in [9.17, 15) is 4.39 Å². The van der Waals surface area contributed by atoms with Crippen LogP contribution in [0.1, 0.15) is 44.2 Å². The fourth-order valence-electron chi connectivity index (χ4n) is 4.28. The highest BCUT2D eigenvalue weighted by atomic mass is 19.1. The first-order valence-electron chi connectivity index (χ1n) is 10.9. The van der Waals surface area contributed by atoms with Crippen LogP contribution in [0.5, 0.6) is 5.75 Å². The van der Waals surface area contributed by atoms with E-state index >= 15 is 0 Å². The molecule has 0 aliphatic carbocycles. The topological polar surface area (TPSA) is 60.5 Å². The predicted octanol–water partition coefficient (Wildman–Crippen LogP) is 2.29. The molecule has 2 heterocycles. The first-order valence-corrected chi connectivity index (χ1v) is 10.9. The average molecular weight is 426 g/mol. The molecule has 3 aromatic rings. The predicted molar refractivity (Wildman–Crippen MR) is 117 cm³/mol. The molecular weight excluding hydrogens is 395 g/mol. The van der Waals surface area contributed by atoms with Crippen molar-refractivity contribution in [1.82, 2.24) is 20.2 Å². The van der Waals surface area contributed by atoms with Crippen LogP contribution in [0.15, 0.2) is 48.5 Å². The molecule has 7 nitrogen and oxygen atoms in total. The highest BCUT2D eigenvalue weighted by Gasteiger charge is 2.35. The van der Waals surface area contributed by atoms with Crippen LogP contribution in [0.4, 0.5) is 10.1 Å². The maximum absolute atomic E-state index is 14.3. The van der Waals surface area contributed by atoms with Gasteiger partial charge in [-0.05, 0) is 67.6 Å². The third-order valence-corrected chi connectivity index (χ3v) is 5.80. The van der Waals surface area contributed by atoms with Gasteiger partial charge in [0.2, 0.25) is 5.82 Å². The molecule has 164 valence electrons. The van der Waals surface area contributed by atoms with Crippen molar-refractivity contribution >= 4 is 5.69 Å². The standard InChI is InChI=1S/C23H29FN6O/c1-4-31-19-11-9-18(10-12-19)22(23-25-26-27-30(23)17(2)3)29-15-13-28(14-16-29)21-8-6-5-7-20(21)24/h5-12,17,22H,4,13-16H2,1-3H3/p+1/t22-/m0/s1. The van der Waals surface area contributed by atoms with Crippen molar-refractivity contribution in [2.24, 2.45) is 0 Å². The molecular formula is C23H30FN6O+. The molecule has 0 saturated carbocycles. The van der Waals surface area contributed by atoms with Crippen LogP contribution in [0.3, 0.4) is 0 Å². The van der Waals surface area contributed by atoms with Gasteiger partial charge in [-0.2, -0.15) is 0 Å². The zero-order chi connectivity index (χ0) is 21.8. The fourth-order valence-corrected chi connectivity index (χ4v) is 4.28. The number of rotatable bonds is 7. The van der Waals surface area contributed by atoms with E-state index in [1.165, 1.54) is 11.0 Å². The van der Waals surface area contributed by atoms with Crippen LogP contribution in [-0.2, 0) is 0 Å². The highest BCUT2D eigenvalue weighted by molar-refractivity contribution is 5.47. The number of nitrogens with one attached hydrogen (secondary N) is 1. The Hall–Kier alpha value is -3.00. The summed E-state index contributed by atoms with van der Waals surface area (Å²) in [7, 11) is 0. The lowest BCUT2D eigenvalue weighted by Gasteiger charge is -2.37. The Bertz CT molecular complexity index is 982.